The van der Waals surface area contributed by atoms with Crippen LogP contribution in [-0.2, 0) is 6.42 Å². The summed E-state index contributed by atoms with van der Waals surface area (Å²) in [6.07, 6.45) is 2.81. The van der Waals surface area contributed by atoms with Crippen LogP contribution in [0.4, 0.5) is 0 Å². The van der Waals surface area contributed by atoms with Crippen molar-refractivity contribution in [2.24, 2.45) is 0 Å². The van der Waals surface area contributed by atoms with Gasteiger partial charge in [0.2, 0.25) is 0 Å². The number of benzene rings is 5. The van der Waals surface area contributed by atoms with Crippen LogP contribution in [0.3, 0.4) is 0 Å². The van der Waals surface area contributed by atoms with Crippen molar-refractivity contribution in [1.82, 2.24) is 19.9 Å². The lowest BCUT2D eigenvalue weighted by Gasteiger charge is -2.09. The maximum atomic E-state index is 4.94. The van der Waals surface area contributed by atoms with E-state index < -0.39 is 0 Å². The first-order valence-electron chi connectivity index (χ1n) is 14.7. The molecule has 0 bridgehead atoms. The molecule has 0 aliphatic heterocycles. The van der Waals surface area contributed by atoms with Crippen molar-refractivity contribution in [3.8, 4) is 56.5 Å². The van der Waals surface area contributed by atoms with Crippen LogP contribution in [0.25, 0.3) is 76.7 Å². The standard InChI is InChI=1S/C39H24N4S/c1-3-9-24(10-4-1)37-41-38(25-11-5-2-6-12-25)43-39(42-37)28-17-19-31-30-18-16-26(22-34(30)44-35(31)23-28)29-14-7-15-32-33(29)21-27-13-8-20-40-36(27)32/h1-20,22-23H,21H2. The number of hydrogen-bond acceptors (Lipinski definition) is 5. The Labute approximate surface area is 258 Å². The van der Waals surface area contributed by atoms with E-state index in [0.717, 1.165) is 28.8 Å². The summed E-state index contributed by atoms with van der Waals surface area (Å²) in [5.41, 5.74) is 10.5. The Morgan fingerprint density at radius 3 is 1.75 bits per heavy atom. The Morgan fingerprint density at radius 1 is 0.477 bits per heavy atom. The summed E-state index contributed by atoms with van der Waals surface area (Å²) in [4.78, 5) is 19.4. The highest BCUT2D eigenvalue weighted by atomic mass is 32.1. The van der Waals surface area contributed by atoms with Gasteiger partial charge in [0, 0.05) is 55.0 Å². The molecule has 206 valence electrons. The van der Waals surface area contributed by atoms with Crippen LogP contribution in [-0.4, -0.2) is 19.9 Å². The lowest BCUT2D eigenvalue weighted by Crippen LogP contribution is -1.99. The summed E-state index contributed by atoms with van der Waals surface area (Å²) < 4.78 is 2.49. The van der Waals surface area contributed by atoms with Crippen molar-refractivity contribution in [3.05, 3.63) is 145 Å². The normalized spacial score (nSPS) is 12.0. The van der Waals surface area contributed by atoms with Gasteiger partial charge < -0.3 is 0 Å². The molecule has 4 nitrogen and oxygen atoms in total. The monoisotopic (exact) mass is 580 g/mol. The Morgan fingerprint density at radius 2 is 1.07 bits per heavy atom. The lowest BCUT2D eigenvalue weighted by atomic mass is 9.95. The van der Waals surface area contributed by atoms with Gasteiger partial charge in [0.05, 0.1) is 5.69 Å². The van der Waals surface area contributed by atoms with E-state index in [-0.39, 0.29) is 0 Å². The van der Waals surface area contributed by atoms with Crippen molar-refractivity contribution in [3.63, 3.8) is 0 Å². The van der Waals surface area contributed by atoms with Gasteiger partial charge in [-0.05, 0) is 40.5 Å². The second-order valence-corrected chi connectivity index (χ2v) is 12.2. The molecule has 0 N–H and O–H groups in total. The van der Waals surface area contributed by atoms with Gasteiger partial charge in [-0.1, -0.05) is 109 Å². The van der Waals surface area contributed by atoms with E-state index in [2.05, 4.69) is 65.6 Å². The van der Waals surface area contributed by atoms with Gasteiger partial charge in [-0.2, -0.15) is 0 Å². The lowest BCUT2D eigenvalue weighted by molar-refractivity contribution is 1.07. The molecular weight excluding hydrogens is 557 g/mol. The summed E-state index contributed by atoms with van der Waals surface area (Å²) in [7, 11) is 0. The molecule has 9 rings (SSSR count). The van der Waals surface area contributed by atoms with Crippen molar-refractivity contribution in [2.45, 2.75) is 6.42 Å². The van der Waals surface area contributed by atoms with E-state index >= 15 is 0 Å². The number of nitrogens with zero attached hydrogens (tertiary/aromatic N) is 4. The average Bonchev–Trinajstić information content (AvgIpc) is 3.66. The molecule has 0 saturated carbocycles. The molecule has 1 aliphatic carbocycles. The molecule has 0 fully saturated rings. The molecule has 0 radical (unpaired) electrons. The first kappa shape index (κ1) is 25.0. The average molecular weight is 581 g/mol. The van der Waals surface area contributed by atoms with Crippen LogP contribution in [0.15, 0.2) is 134 Å². The minimum Gasteiger partial charge on any atom is -0.256 e. The fourth-order valence-corrected chi connectivity index (χ4v) is 7.49. The molecule has 3 aromatic heterocycles. The fourth-order valence-electron chi connectivity index (χ4n) is 6.31. The van der Waals surface area contributed by atoms with E-state index in [4.69, 9.17) is 15.0 Å². The minimum atomic E-state index is 0.670. The van der Waals surface area contributed by atoms with Crippen molar-refractivity contribution in [2.75, 3.05) is 0 Å². The maximum Gasteiger partial charge on any atom is 0.164 e. The molecule has 3 heterocycles. The second-order valence-electron chi connectivity index (χ2n) is 11.1. The van der Waals surface area contributed by atoms with Crippen LogP contribution < -0.4 is 0 Å². The van der Waals surface area contributed by atoms with E-state index in [9.17, 15) is 0 Å². The van der Waals surface area contributed by atoms with Gasteiger partial charge in [0.25, 0.3) is 0 Å². The minimum absolute atomic E-state index is 0.670. The third kappa shape index (κ3) is 4.13. The third-order valence-corrected chi connectivity index (χ3v) is 9.55. The van der Waals surface area contributed by atoms with Crippen molar-refractivity contribution in [1.29, 1.82) is 0 Å². The molecule has 0 spiro atoms. The Hall–Kier alpha value is -5.52. The largest absolute Gasteiger partial charge is 0.256 e. The topological polar surface area (TPSA) is 51.6 Å². The van der Waals surface area contributed by atoms with Gasteiger partial charge >= 0.3 is 0 Å². The van der Waals surface area contributed by atoms with Gasteiger partial charge in [-0.25, -0.2) is 15.0 Å². The fraction of sp³-hybridized carbons (Fsp3) is 0.0256. The molecule has 5 heteroatoms. The molecule has 0 unspecified atom stereocenters. The molecule has 44 heavy (non-hydrogen) atoms. The molecule has 0 saturated heterocycles. The van der Waals surface area contributed by atoms with Gasteiger partial charge in [0.1, 0.15) is 0 Å². The zero-order chi connectivity index (χ0) is 29.0. The number of hydrogen-bond donors (Lipinski definition) is 0. The summed E-state index contributed by atoms with van der Waals surface area (Å²) >= 11 is 1.82. The smallest absolute Gasteiger partial charge is 0.164 e. The second kappa shape index (κ2) is 10.0. The maximum absolute atomic E-state index is 4.94. The van der Waals surface area contributed by atoms with E-state index in [1.54, 1.807) is 0 Å². The van der Waals surface area contributed by atoms with Gasteiger partial charge in [-0.3, -0.25) is 4.98 Å². The van der Waals surface area contributed by atoms with Crippen LogP contribution in [0.5, 0.6) is 0 Å². The highest BCUT2D eigenvalue weighted by Crippen LogP contribution is 2.43. The van der Waals surface area contributed by atoms with E-state index in [1.807, 2.05) is 84.3 Å². The highest BCUT2D eigenvalue weighted by molar-refractivity contribution is 7.25. The van der Waals surface area contributed by atoms with Crippen LogP contribution in [0.2, 0.25) is 0 Å². The number of aromatic nitrogens is 4. The third-order valence-electron chi connectivity index (χ3n) is 8.43. The predicted octanol–water partition coefficient (Wildman–Crippen LogP) is 9.87. The van der Waals surface area contributed by atoms with E-state index in [0.29, 0.717) is 17.5 Å². The Bertz CT molecular complexity index is 2300. The SMILES string of the molecule is c1ccc(-c2nc(-c3ccccc3)nc(-c3ccc4c(c3)sc3cc(-c5cccc6c5Cc5cccnc5-6)ccc34)n2)cc1. The van der Waals surface area contributed by atoms with Gasteiger partial charge in [-0.15, -0.1) is 11.3 Å². The summed E-state index contributed by atoms with van der Waals surface area (Å²) in [5, 5.41) is 2.51. The summed E-state index contributed by atoms with van der Waals surface area (Å²) in [6.45, 7) is 0. The first-order valence-corrected chi connectivity index (χ1v) is 15.5. The quantitative estimate of drug-likeness (QED) is 0.208. The summed E-state index contributed by atoms with van der Waals surface area (Å²) in [5.74, 6) is 2.01. The molecule has 0 amide bonds. The zero-order valence-corrected chi connectivity index (χ0v) is 24.4. The number of thiophene rings is 1. The Balaban J connectivity index is 1.15. The number of rotatable bonds is 4. The first-order chi connectivity index (χ1) is 21.8. The Kier molecular flexibility index (Phi) is 5.71. The molecule has 5 aromatic carbocycles. The number of pyridine rings is 1. The van der Waals surface area contributed by atoms with Crippen LogP contribution in [0.1, 0.15) is 11.1 Å². The molecule has 8 aromatic rings. The van der Waals surface area contributed by atoms with Crippen molar-refractivity contribution >= 4 is 31.5 Å². The molecular formula is C39H24N4S. The molecule has 0 atom stereocenters. The zero-order valence-electron chi connectivity index (χ0n) is 23.6. The summed E-state index contributed by atoms with van der Waals surface area (Å²) in [6, 6.07) is 44.5. The van der Waals surface area contributed by atoms with Crippen molar-refractivity contribution < 1.29 is 0 Å². The predicted molar refractivity (Wildman–Crippen MR) is 180 cm³/mol. The number of fused-ring (bicyclic) bond motifs is 6. The van der Waals surface area contributed by atoms with E-state index in [1.165, 1.54) is 48.0 Å². The highest BCUT2D eigenvalue weighted by Gasteiger charge is 2.22. The van der Waals surface area contributed by atoms with Crippen LogP contribution in [0, 0.1) is 0 Å². The molecule has 1 aliphatic rings. The van der Waals surface area contributed by atoms with Crippen LogP contribution >= 0.6 is 11.3 Å². The van der Waals surface area contributed by atoms with Gasteiger partial charge in [0.15, 0.2) is 17.5 Å².